The number of carbonyl (C=O) groups is 1. The van der Waals surface area contributed by atoms with Gasteiger partial charge in [-0.15, -0.1) is 13.2 Å². The van der Waals surface area contributed by atoms with Gasteiger partial charge in [-0.3, -0.25) is 4.79 Å². The van der Waals surface area contributed by atoms with E-state index in [4.69, 9.17) is 4.74 Å². The van der Waals surface area contributed by atoms with E-state index in [1.165, 1.54) is 28.6 Å². The standard InChI is InChI=1S/C23H27BrN2O4S/c1-5-13-26(14-6-2)31(28,29)20-10-8-19(9-11-20)25-23(27)18-7-12-22(21(24)15-18)30-16-17(3)4/h5-12,15,17H,1-2,13-14,16H2,3-4H3,(H,25,27). The average Bonchev–Trinajstić information content (AvgIpc) is 2.73. The van der Waals surface area contributed by atoms with E-state index in [0.717, 1.165) is 0 Å². The smallest absolute Gasteiger partial charge is 0.255 e. The number of anilines is 1. The summed E-state index contributed by atoms with van der Waals surface area (Å²) >= 11 is 3.43. The molecule has 166 valence electrons. The van der Waals surface area contributed by atoms with Crippen LogP contribution in [-0.4, -0.2) is 38.3 Å². The second-order valence-electron chi connectivity index (χ2n) is 7.23. The number of hydrogen-bond acceptors (Lipinski definition) is 4. The molecule has 2 aromatic rings. The maximum atomic E-state index is 12.8. The van der Waals surface area contributed by atoms with Gasteiger partial charge in [0.05, 0.1) is 16.0 Å². The van der Waals surface area contributed by atoms with Crippen molar-refractivity contribution in [2.45, 2.75) is 18.7 Å². The lowest BCUT2D eigenvalue weighted by atomic mass is 10.2. The number of hydrogen-bond donors (Lipinski definition) is 1. The van der Waals surface area contributed by atoms with Gasteiger partial charge >= 0.3 is 0 Å². The first-order chi connectivity index (χ1) is 14.7. The Morgan fingerprint density at radius 3 is 2.26 bits per heavy atom. The van der Waals surface area contributed by atoms with Crippen LogP contribution in [0.3, 0.4) is 0 Å². The second-order valence-corrected chi connectivity index (χ2v) is 10.0. The molecule has 0 bridgehead atoms. The van der Waals surface area contributed by atoms with E-state index >= 15 is 0 Å². The summed E-state index contributed by atoms with van der Waals surface area (Å²) in [4.78, 5) is 12.7. The molecule has 0 fully saturated rings. The highest BCUT2D eigenvalue weighted by Crippen LogP contribution is 2.27. The Labute approximate surface area is 192 Å². The highest BCUT2D eigenvalue weighted by molar-refractivity contribution is 9.10. The van der Waals surface area contributed by atoms with Gasteiger partial charge in [0, 0.05) is 24.3 Å². The molecule has 0 radical (unpaired) electrons. The molecule has 8 heteroatoms. The van der Waals surface area contributed by atoms with E-state index in [2.05, 4.69) is 48.3 Å². The third-order valence-electron chi connectivity index (χ3n) is 4.18. The number of rotatable bonds is 11. The van der Waals surface area contributed by atoms with E-state index in [-0.39, 0.29) is 23.9 Å². The molecule has 6 nitrogen and oxygen atoms in total. The van der Waals surface area contributed by atoms with Crippen molar-refractivity contribution in [3.05, 3.63) is 77.8 Å². The number of halogens is 1. The second kappa shape index (κ2) is 11.3. The third kappa shape index (κ3) is 6.78. The molecule has 0 aliphatic rings. The summed E-state index contributed by atoms with van der Waals surface area (Å²) in [6, 6.07) is 11.1. The number of nitrogens with one attached hydrogen (secondary N) is 1. The molecule has 0 heterocycles. The summed E-state index contributed by atoms with van der Waals surface area (Å²) in [5.41, 5.74) is 0.933. The molecule has 0 saturated carbocycles. The molecule has 2 rings (SSSR count). The van der Waals surface area contributed by atoms with E-state index in [1.807, 2.05) is 0 Å². The van der Waals surface area contributed by atoms with Crippen LogP contribution < -0.4 is 10.1 Å². The topological polar surface area (TPSA) is 75.7 Å². The number of sulfonamides is 1. The van der Waals surface area contributed by atoms with Crippen LogP contribution in [-0.2, 0) is 10.0 Å². The van der Waals surface area contributed by atoms with Crippen molar-refractivity contribution in [1.29, 1.82) is 0 Å². The van der Waals surface area contributed by atoms with Crippen molar-refractivity contribution in [2.24, 2.45) is 5.92 Å². The van der Waals surface area contributed by atoms with Gasteiger partial charge in [0.1, 0.15) is 5.75 Å². The molecule has 31 heavy (non-hydrogen) atoms. The number of amides is 1. The minimum atomic E-state index is -3.69. The molecule has 0 saturated heterocycles. The quantitative estimate of drug-likeness (QED) is 0.430. The molecule has 0 spiro atoms. The predicted molar refractivity (Wildman–Crippen MR) is 128 cm³/mol. The molecule has 1 amide bonds. The van der Waals surface area contributed by atoms with Crippen molar-refractivity contribution in [3.8, 4) is 5.75 Å². The van der Waals surface area contributed by atoms with Crippen molar-refractivity contribution in [3.63, 3.8) is 0 Å². The zero-order valence-electron chi connectivity index (χ0n) is 17.7. The Hall–Kier alpha value is -2.42. The summed E-state index contributed by atoms with van der Waals surface area (Å²) < 4.78 is 33.2. The van der Waals surface area contributed by atoms with E-state index < -0.39 is 10.0 Å². The first-order valence-electron chi connectivity index (χ1n) is 9.74. The fourth-order valence-electron chi connectivity index (χ4n) is 2.64. The molecule has 1 N–H and O–H groups in total. The number of carbonyl (C=O) groups excluding carboxylic acids is 1. The van der Waals surface area contributed by atoms with Crippen molar-refractivity contribution < 1.29 is 17.9 Å². The van der Waals surface area contributed by atoms with E-state index in [9.17, 15) is 13.2 Å². The third-order valence-corrected chi connectivity index (χ3v) is 6.65. The SMILES string of the molecule is C=CCN(CC=C)S(=O)(=O)c1ccc(NC(=O)c2ccc(OCC(C)C)c(Br)c2)cc1. The first kappa shape index (κ1) is 24.8. The van der Waals surface area contributed by atoms with Crippen molar-refractivity contribution >= 4 is 37.5 Å². The van der Waals surface area contributed by atoms with Crippen LogP contribution in [0, 0.1) is 5.92 Å². The monoisotopic (exact) mass is 506 g/mol. The Balaban J connectivity index is 2.12. The fraction of sp³-hybridized carbons (Fsp3) is 0.261. The maximum Gasteiger partial charge on any atom is 0.255 e. The van der Waals surface area contributed by atoms with Crippen LogP contribution in [0.15, 0.2) is 77.1 Å². The zero-order valence-corrected chi connectivity index (χ0v) is 20.1. The molecule has 0 unspecified atom stereocenters. The van der Waals surface area contributed by atoms with Crippen LogP contribution in [0.5, 0.6) is 5.75 Å². The van der Waals surface area contributed by atoms with Crippen LogP contribution in [0.1, 0.15) is 24.2 Å². The summed E-state index contributed by atoms with van der Waals surface area (Å²) in [5, 5.41) is 2.77. The number of ether oxygens (including phenoxy) is 1. The molecule has 0 atom stereocenters. The van der Waals surface area contributed by atoms with Crippen LogP contribution in [0.4, 0.5) is 5.69 Å². The molecular formula is C23H27BrN2O4S. The van der Waals surface area contributed by atoms with Crippen LogP contribution in [0.2, 0.25) is 0 Å². The largest absolute Gasteiger partial charge is 0.492 e. The lowest BCUT2D eigenvalue weighted by Crippen LogP contribution is -2.31. The Morgan fingerprint density at radius 2 is 1.74 bits per heavy atom. The molecule has 2 aromatic carbocycles. The highest BCUT2D eigenvalue weighted by Gasteiger charge is 2.22. The van der Waals surface area contributed by atoms with Crippen molar-refractivity contribution in [1.82, 2.24) is 4.31 Å². The zero-order chi connectivity index (χ0) is 23.0. The predicted octanol–water partition coefficient (Wildman–Crippen LogP) is 5.10. The minimum absolute atomic E-state index is 0.128. The lowest BCUT2D eigenvalue weighted by Gasteiger charge is -2.19. The number of nitrogens with zero attached hydrogens (tertiary/aromatic N) is 1. The average molecular weight is 507 g/mol. The maximum absolute atomic E-state index is 12.8. The van der Waals surface area contributed by atoms with Crippen LogP contribution in [0.25, 0.3) is 0 Å². The first-order valence-corrected chi connectivity index (χ1v) is 12.0. The Kier molecular flexibility index (Phi) is 9.03. The molecule has 0 aromatic heterocycles. The van der Waals surface area contributed by atoms with Gasteiger partial charge in [0.15, 0.2) is 0 Å². The normalized spacial score (nSPS) is 11.4. The van der Waals surface area contributed by atoms with Crippen molar-refractivity contribution in [2.75, 3.05) is 25.0 Å². The van der Waals surface area contributed by atoms with E-state index in [0.29, 0.717) is 34.0 Å². The Bertz CT molecular complexity index is 1020. The molecule has 0 aliphatic heterocycles. The molecular weight excluding hydrogens is 480 g/mol. The van der Waals surface area contributed by atoms with Gasteiger partial charge in [0.25, 0.3) is 5.91 Å². The van der Waals surface area contributed by atoms with Gasteiger partial charge in [-0.25, -0.2) is 8.42 Å². The molecule has 0 aliphatic carbocycles. The minimum Gasteiger partial charge on any atom is -0.492 e. The van der Waals surface area contributed by atoms with Gasteiger partial charge < -0.3 is 10.1 Å². The van der Waals surface area contributed by atoms with Gasteiger partial charge in [-0.1, -0.05) is 26.0 Å². The highest BCUT2D eigenvalue weighted by atomic mass is 79.9. The van der Waals surface area contributed by atoms with Gasteiger partial charge in [-0.05, 0) is 64.3 Å². The van der Waals surface area contributed by atoms with Crippen LogP contribution >= 0.6 is 15.9 Å². The summed E-state index contributed by atoms with van der Waals surface area (Å²) in [6.45, 7) is 12.2. The van der Waals surface area contributed by atoms with E-state index in [1.54, 1.807) is 30.3 Å². The van der Waals surface area contributed by atoms with Gasteiger partial charge in [-0.2, -0.15) is 4.31 Å². The number of benzene rings is 2. The summed E-state index contributed by atoms with van der Waals surface area (Å²) in [5.74, 6) is 0.748. The van der Waals surface area contributed by atoms with Gasteiger partial charge in [0.2, 0.25) is 10.0 Å². The fourth-order valence-corrected chi connectivity index (χ4v) is 4.51. The summed E-state index contributed by atoms with van der Waals surface area (Å²) in [6.07, 6.45) is 3.04. The summed E-state index contributed by atoms with van der Waals surface area (Å²) in [7, 11) is -3.69. The Morgan fingerprint density at radius 1 is 1.13 bits per heavy atom. The lowest BCUT2D eigenvalue weighted by molar-refractivity contribution is 0.102.